The lowest BCUT2D eigenvalue weighted by molar-refractivity contribution is -0.161. The van der Waals surface area contributed by atoms with Gasteiger partial charge in [0.05, 0.1) is 19.3 Å². The molecule has 4 rings (SSSR count). The number of nitrogens with zero attached hydrogens (tertiary/aromatic N) is 1. The Morgan fingerprint density at radius 2 is 1.64 bits per heavy atom. The summed E-state index contributed by atoms with van der Waals surface area (Å²) < 4.78 is 17.6. The molecule has 0 spiro atoms. The molecule has 1 saturated carbocycles. The third-order valence-electron chi connectivity index (χ3n) is 7.26. The third-order valence-corrected chi connectivity index (χ3v) is 7.26. The van der Waals surface area contributed by atoms with E-state index in [2.05, 4.69) is 23.5 Å². The van der Waals surface area contributed by atoms with Crippen molar-refractivity contribution in [1.82, 2.24) is 10.2 Å². The molecular formula is C31H42N2O6. The standard InChI is InChI=1S/C31H42N2O6/c1-8-22-17-31(22,27(35)38-29(2,3)4)32-26(34)25-16-23(18-33(25)28(36)39-30(5,6)7)37-19-21-14-11-13-20-12-9-10-15-24(20)21/h9-15,22-23,25H,8,16-19H2,1-7H3,(H,32,34)/t22-,23+,25-,31+/m0/s1. The average Bonchev–Trinajstić information content (AvgIpc) is 3.38. The van der Waals surface area contributed by atoms with E-state index in [0.29, 0.717) is 19.4 Å². The Labute approximate surface area is 231 Å². The summed E-state index contributed by atoms with van der Waals surface area (Å²) in [6.07, 6.45) is 0.608. The summed E-state index contributed by atoms with van der Waals surface area (Å²) in [4.78, 5) is 41.4. The summed E-state index contributed by atoms with van der Waals surface area (Å²) in [6, 6.07) is 13.4. The summed E-state index contributed by atoms with van der Waals surface area (Å²) >= 11 is 0. The highest BCUT2D eigenvalue weighted by Crippen LogP contribution is 2.47. The van der Waals surface area contributed by atoms with Crippen LogP contribution in [0.1, 0.15) is 73.3 Å². The van der Waals surface area contributed by atoms with Gasteiger partial charge in [-0.25, -0.2) is 9.59 Å². The van der Waals surface area contributed by atoms with Crippen molar-refractivity contribution in [2.24, 2.45) is 5.92 Å². The maximum absolute atomic E-state index is 13.7. The van der Waals surface area contributed by atoms with Crippen molar-refractivity contribution in [1.29, 1.82) is 0 Å². The first kappa shape index (κ1) is 28.9. The number of hydrogen-bond donors (Lipinski definition) is 1. The second-order valence-corrected chi connectivity index (χ2v) is 12.7. The molecule has 2 aliphatic rings. The smallest absolute Gasteiger partial charge is 0.411 e. The van der Waals surface area contributed by atoms with Crippen molar-refractivity contribution in [3.8, 4) is 0 Å². The maximum Gasteiger partial charge on any atom is 0.411 e. The highest BCUT2D eigenvalue weighted by molar-refractivity contribution is 5.94. The molecule has 0 radical (unpaired) electrons. The van der Waals surface area contributed by atoms with Crippen LogP contribution in [0.15, 0.2) is 42.5 Å². The first-order valence-electron chi connectivity index (χ1n) is 13.9. The maximum atomic E-state index is 13.7. The van der Waals surface area contributed by atoms with Crippen molar-refractivity contribution >= 4 is 28.7 Å². The Morgan fingerprint density at radius 1 is 0.974 bits per heavy atom. The highest BCUT2D eigenvalue weighted by Gasteiger charge is 2.62. The molecule has 0 aromatic heterocycles. The largest absolute Gasteiger partial charge is 0.458 e. The summed E-state index contributed by atoms with van der Waals surface area (Å²) in [5.41, 5.74) is -1.42. The highest BCUT2D eigenvalue weighted by atomic mass is 16.6. The Morgan fingerprint density at radius 3 is 2.28 bits per heavy atom. The molecule has 1 saturated heterocycles. The predicted molar refractivity (Wildman–Crippen MR) is 149 cm³/mol. The van der Waals surface area contributed by atoms with Crippen LogP contribution in [0, 0.1) is 5.92 Å². The number of hydrogen-bond acceptors (Lipinski definition) is 6. The van der Waals surface area contributed by atoms with Crippen LogP contribution in [0.5, 0.6) is 0 Å². The molecule has 39 heavy (non-hydrogen) atoms. The lowest BCUT2D eigenvalue weighted by Gasteiger charge is -2.30. The Hall–Kier alpha value is -3.13. The number of likely N-dealkylation sites (tertiary alicyclic amines) is 1. The summed E-state index contributed by atoms with van der Waals surface area (Å²) in [7, 11) is 0. The van der Waals surface area contributed by atoms with Crippen molar-refractivity contribution in [3.05, 3.63) is 48.0 Å². The minimum atomic E-state index is -1.07. The number of esters is 1. The van der Waals surface area contributed by atoms with Crippen LogP contribution in [0.25, 0.3) is 10.8 Å². The van der Waals surface area contributed by atoms with Gasteiger partial charge in [0.25, 0.3) is 0 Å². The zero-order valence-corrected chi connectivity index (χ0v) is 24.2. The van der Waals surface area contributed by atoms with E-state index in [1.807, 2.05) is 52.0 Å². The van der Waals surface area contributed by atoms with E-state index in [-0.39, 0.29) is 24.5 Å². The van der Waals surface area contributed by atoms with E-state index < -0.39 is 34.8 Å². The Balaban J connectivity index is 1.51. The summed E-state index contributed by atoms with van der Waals surface area (Å²) in [6.45, 7) is 13.3. The van der Waals surface area contributed by atoms with Crippen LogP contribution in [0.4, 0.5) is 4.79 Å². The average molecular weight is 539 g/mol. The number of rotatable bonds is 7. The van der Waals surface area contributed by atoms with E-state index in [0.717, 1.165) is 22.8 Å². The van der Waals surface area contributed by atoms with Gasteiger partial charge in [0, 0.05) is 6.42 Å². The molecule has 8 heteroatoms. The van der Waals surface area contributed by atoms with Crippen molar-refractivity contribution in [2.45, 2.75) is 103 Å². The molecular weight excluding hydrogens is 496 g/mol. The summed E-state index contributed by atoms with van der Waals surface area (Å²) in [5.74, 6) is -0.828. The minimum absolute atomic E-state index is 0.00825. The number of benzene rings is 2. The predicted octanol–water partition coefficient (Wildman–Crippen LogP) is 5.36. The second-order valence-electron chi connectivity index (χ2n) is 12.7. The normalized spacial score (nSPS) is 24.9. The van der Waals surface area contributed by atoms with Gasteiger partial charge in [-0.05, 0) is 70.2 Å². The fraction of sp³-hybridized carbons (Fsp3) is 0.581. The van der Waals surface area contributed by atoms with Crippen LogP contribution in [0.3, 0.4) is 0 Å². The van der Waals surface area contributed by atoms with E-state index >= 15 is 0 Å². The summed E-state index contributed by atoms with van der Waals surface area (Å²) in [5, 5.41) is 5.21. The fourth-order valence-corrected chi connectivity index (χ4v) is 5.26. The molecule has 2 aromatic carbocycles. The van der Waals surface area contributed by atoms with Crippen LogP contribution < -0.4 is 5.32 Å². The molecule has 2 fully saturated rings. The first-order valence-corrected chi connectivity index (χ1v) is 13.9. The minimum Gasteiger partial charge on any atom is -0.458 e. The molecule has 2 amide bonds. The van der Waals surface area contributed by atoms with Gasteiger partial charge in [-0.3, -0.25) is 9.69 Å². The molecule has 1 aliphatic carbocycles. The van der Waals surface area contributed by atoms with E-state index in [1.54, 1.807) is 20.8 Å². The molecule has 212 valence electrons. The first-order chi connectivity index (χ1) is 18.2. The second kappa shape index (κ2) is 10.8. The fourth-order valence-electron chi connectivity index (χ4n) is 5.26. The number of carbonyl (C=O) groups is 3. The molecule has 1 heterocycles. The molecule has 0 unspecified atom stereocenters. The van der Waals surface area contributed by atoms with Crippen LogP contribution in [-0.4, -0.2) is 58.3 Å². The number of ether oxygens (including phenoxy) is 3. The Bertz CT molecular complexity index is 1220. The van der Waals surface area contributed by atoms with Gasteiger partial charge in [0.1, 0.15) is 22.8 Å². The van der Waals surface area contributed by atoms with Crippen molar-refractivity contribution < 1.29 is 28.6 Å². The van der Waals surface area contributed by atoms with Crippen molar-refractivity contribution in [2.75, 3.05) is 6.54 Å². The van der Waals surface area contributed by atoms with Gasteiger partial charge in [0.15, 0.2) is 0 Å². The van der Waals surface area contributed by atoms with E-state index in [4.69, 9.17) is 14.2 Å². The zero-order chi connectivity index (χ0) is 28.6. The monoisotopic (exact) mass is 538 g/mol. The van der Waals surface area contributed by atoms with Crippen LogP contribution >= 0.6 is 0 Å². The van der Waals surface area contributed by atoms with Crippen LogP contribution in [0.2, 0.25) is 0 Å². The molecule has 8 nitrogen and oxygen atoms in total. The quantitative estimate of drug-likeness (QED) is 0.477. The van der Waals surface area contributed by atoms with E-state index in [9.17, 15) is 14.4 Å². The number of carbonyl (C=O) groups excluding carboxylic acids is 3. The van der Waals surface area contributed by atoms with Gasteiger partial charge in [0.2, 0.25) is 5.91 Å². The Kier molecular flexibility index (Phi) is 7.99. The van der Waals surface area contributed by atoms with Gasteiger partial charge in [-0.2, -0.15) is 0 Å². The van der Waals surface area contributed by atoms with Crippen LogP contribution in [-0.2, 0) is 30.4 Å². The number of amides is 2. The SMILES string of the molecule is CC[C@H]1C[C@]1(NC(=O)[C@@H]1C[C@@H](OCc2cccc3ccccc23)CN1C(=O)OC(C)(C)C)C(=O)OC(C)(C)C. The van der Waals surface area contributed by atoms with E-state index in [1.165, 1.54) is 4.90 Å². The molecule has 4 atom stereocenters. The van der Waals surface area contributed by atoms with Gasteiger partial charge >= 0.3 is 12.1 Å². The zero-order valence-electron chi connectivity index (χ0n) is 24.2. The molecule has 1 aliphatic heterocycles. The lowest BCUT2D eigenvalue weighted by Crippen LogP contribution is -2.54. The third kappa shape index (κ3) is 6.72. The number of fused-ring (bicyclic) bond motifs is 1. The molecule has 0 bridgehead atoms. The topological polar surface area (TPSA) is 94.2 Å². The van der Waals surface area contributed by atoms with Gasteiger partial charge in [-0.15, -0.1) is 0 Å². The number of nitrogens with one attached hydrogen (secondary N) is 1. The van der Waals surface area contributed by atoms with Crippen molar-refractivity contribution in [3.63, 3.8) is 0 Å². The molecule has 1 N–H and O–H groups in total. The van der Waals surface area contributed by atoms with Gasteiger partial charge in [-0.1, -0.05) is 55.8 Å². The lowest BCUT2D eigenvalue weighted by atomic mass is 10.1. The molecule has 2 aromatic rings. The van der Waals surface area contributed by atoms with Gasteiger partial charge < -0.3 is 19.5 Å².